The second-order valence-corrected chi connectivity index (χ2v) is 10.6. The Labute approximate surface area is 99.6 Å². The summed E-state index contributed by atoms with van der Waals surface area (Å²) in [5, 5.41) is 9.13. The fourth-order valence-corrected chi connectivity index (χ4v) is 1.83. The molecule has 0 radical (unpaired) electrons. The number of allylic oxidation sites excluding steroid dienone is 1. The largest absolute Gasteiger partial charge is 0.478 e. The summed E-state index contributed by atoms with van der Waals surface area (Å²) in [5.41, 5.74) is 1.19. The van der Waals surface area contributed by atoms with Crippen molar-refractivity contribution in [1.82, 2.24) is 0 Å². The molecule has 0 rings (SSSR count). The van der Waals surface area contributed by atoms with Crippen molar-refractivity contribution in [3.05, 3.63) is 11.1 Å². The van der Waals surface area contributed by atoms with Gasteiger partial charge in [-0.25, -0.2) is 4.79 Å². The zero-order valence-corrected chi connectivity index (χ0v) is 12.5. The Morgan fingerprint density at radius 3 is 1.94 bits per heavy atom. The summed E-state index contributed by atoms with van der Waals surface area (Å²) >= 11 is 0. The molecule has 0 aliphatic rings. The van der Waals surface area contributed by atoms with Crippen LogP contribution in [0.2, 0.25) is 18.1 Å². The van der Waals surface area contributed by atoms with Crippen LogP contribution in [0.15, 0.2) is 11.1 Å². The monoisotopic (exact) mass is 244 g/mol. The van der Waals surface area contributed by atoms with Crippen LogP contribution in [0.4, 0.5) is 0 Å². The molecular formula is C12H24O3Si. The average molecular weight is 244 g/mol. The summed E-state index contributed by atoms with van der Waals surface area (Å²) in [7, 11) is -1.86. The van der Waals surface area contributed by atoms with Gasteiger partial charge in [0.1, 0.15) is 0 Å². The van der Waals surface area contributed by atoms with Gasteiger partial charge in [0.15, 0.2) is 8.32 Å². The molecule has 0 aliphatic carbocycles. The summed E-state index contributed by atoms with van der Waals surface area (Å²) in [6.45, 7) is 14.5. The Kier molecular flexibility index (Phi) is 4.95. The Bertz CT molecular complexity index is 294. The van der Waals surface area contributed by atoms with Crippen molar-refractivity contribution in [2.24, 2.45) is 0 Å². The normalized spacial score (nSPS) is 12.4. The number of rotatable bonds is 4. The number of hydrogen-bond acceptors (Lipinski definition) is 2. The third-order valence-corrected chi connectivity index (χ3v) is 7.72. The van der Waals surface area contributed by atoms with E-state index in [9.17, 15) is 4.79 Å². The molecule has 0 heterocycles. The lowest BCUT2D eigenvalue weighted by Crippen LogP contribution is -2.41. The maximum absolute atomic E-state index is 11.0. The van der Waals surface area contributed by atoms with Crippen molar-refractivity contribution >= 4 is 14.3 Å². The predicted molar refractivity (Wildman–Crippen MR) is 69.2 cm³/mol. The lowest BCUT2D eigenvalue weighted by atomic mass is 10.2. The Balaban J connectivity index is 4.69. The molecule has 0 fully saturated rings. The highest BCUT2D eigenvalue weighted by Gasteiger charge is 2.37. The maximum Gasteiger partial charge on any atom is 0.333 e. The van der Waals surface area contributed by atoms with E-state index < -0.39 is 14.3 Å². The molecule has 0 aromatic carbocycles. The summed E-state index contributed by atoms with van der Waals surface area (Å²) < 4.78 is 5.88. The van der Waals surface area contributed by atoms with Gasteiger partial charge in [-0.05, 0) is 32.0 Å². The first-order valence-corrected chi connectivity index (χ1v) is 8.43. The van der Waals surface area contributed by atoms with E-state index in [1.807, 2.05) is 0 Å². The van der Waals surface area contributed by atoms with E-state index in [-0.39, 0.29) is 11.6 Å². The van der Waals surface area contributed by atoms with Gasteiger partial charge >= 0.3 is 5.97 Å². The molecule has 94 valence electrons. The van der Waals surface area contributed by atoms with E-state index >= 15 is 0 Å². The van der Waals surface area contributed by atoms with Gasteiger partial charge < -0.3 is 9.53 Å². The Hall–Kier alpha value is -0.613. The quantitative estimate of drug-likeness (QED) is 0.609. The van der Waals surface area contributed by atoms with Gasteiger partial charge in [0.2, 0.25) is 0 Å². The van der Waals surface area contributed by atoms with Gasteiger partial charge in [-0.1, -0.05) is 26.3 Å². The fourth-order valence-electron chi connectivity index (χ4n) is 0.889. The second-order valence-electron chi connectivity index (χ2n) is 5.83. The molecular weight excluding hydrogens is 220 g/mol. The molecule has 0 saturated heterocycles. The Morgan fingerprint density at radius 2 is 1.69 bits per heavy atom. The summed E-state index contributed by atoms with van der Waals surface area (Å²) in [4.78, 5) is 11.0. The van der Waals surface area contributed by atoms with E-state index in [0.717, 1.165) is 5.57 Å². The minimum atomic E-state index is -1.86. The van der Waals surface area contributed by atoms with Gasteiger partial charge in [0.05, 0.1) is 12.2 Å². The number of carbonyl (C=O) groups is 1. The first kappa shape index (κ1) is 15.4. The van der Waals surface area contributed by atoms with E-state index in [4.69, 9.17) is 9.53 Å². The van der Waals surface area contributed by atoms with Crippen LogP contribution >= 0.6 is 0 Å². The number of aliphatic carboxylic acids is 1. The number of carboxylic acid groups (broad SMARTS) is 1. The van der Waals surface area contributed by atoms with Crippen molar-refractivity contribution in [3.8, 4) is 0 Å². The van der Waals surface area contributed by atoms with E-state index in [2.05, 4.69) is 33.9 Å². The van der Waals surface area contributed by atoms with Crippen LogP contribution in [0.5, 0.6) is 0 Å². The first-order valence-electron chi connectivity index (χ1n) is 5.52. The topological polar surface area (TPSA) is 46.5 Å². The van der Waals surface area contributed by atoms with Gasteiger partial charge in [-0.15, -0.1) is 0 Å². The van der Waals surface area contributed by atoms with Crippen LogP contribution in [-0.2, 0) is 9.22 Å². The standard InChI is InChI=1S/C12H24O3Si/c1-9(2)10(11(13)14)8-15-16(6,7)12(3,4)5/h8H2,1-7H3,(H,13,14). The molecule has 0 aromatic heterocycles. The van der Waals surface area contributed by atoms with E-state index in [0.29, 0.717) is 5.57 Å². The van der Waals surface area contributed by atoms with Crippen LogP contribution in [0, 0.1) is 0 Å². The van der Waals surface area contributed by atoms with Crippen molar-refractivity contribution in [2.75, 3.05) is 6.61 Å². The van der Waals surface area contributed by atoms with Crippen LogP contribution in [-0.4, -0.2) is 26.0 Å². The molecule has 4 heteroatoms. The third kappa shape index (κ3) is 4.10. The van der Waals surface area contributed by atoms with Crippen molar-refractivity contribution in [1.29, 1.82) is 0 Å². The Morgan fingerprint density at radius 1 is 1.25 bits per heavy atom. The lowest BCUT2D eigenvalue weighted by molar-refractivity contribution is -0.133. The summed E-state index contributed by atoms with van der Waals surface area (Å²) in [5.74, 6) is -0.876. The van der Waals surface area contributed by atoms with Crippen LogP contribution < -0.4 is 0 Å². The zero-order chi connectivity index (χ0) is 13.1. The van der Waals surface area contributed by atoms with Gasteiger partial charge in [0, 0.05) is 0 Å². The molecule has 0 aliphatic heterocycles. The molecule has 0 atom stereocenters. The van der Waals surface area contributed by atoms with Gasteiger partial charge in [-0.2, -0.15) is 0 Å². The molecule has 16 heavy (non-hydrogen) atoms. The van der Waals surface area contributed by atoms with Crippen LogP contribution in [0.25, 0.3) is 0 Å². The maximum atomic E-state index is 11.0. The molecule has 0 bridgehead atoms. The van der Waals surface area contributed by atoms with Gasteiger partial charge in [-0.3, -0.25) is 0 Å². The van der Waals surface area contributed by atoms with Crippen molar-refractivity contribution in [2.45, 2.75) is 52.8 Å². The molecule has 0 aromatic rings. The molecule has 1 N–H and O–H groups in total. The lowest BCUT2D eigenvalue weighted by Gasteiger charge is -2.36. The predicted octanol–water partition coefficient (Wildman–Crippen LogP) is 3.43. The fraction of sp³-hybridized carbons (Fsp3) is 0.750. The minimum absolute atomic E-state index is 0.109. The molecule has 0 amide bonds. The smallest absolute Gasteiger partial charge is 0.333 e. The highest BCUT2D eigenvalue weighted by Crippen LogP contribution is 2.36. The first-order chi connectivity index (χ1) is 6.99. The zero-order valence-electron chi connectivity index (χ0n) is 11.5. The SMILES string of the molecule is CC(C)=C(CO[Si](C)(C)C(C)(C)C)C(=O)O. The van der Waals surface area contributed by atoms with Crippen molar-refractivity contribution < 1.29 is 14.3 Å². The van der Waals surface area contributed by atoms with E-state index in [1.54, 1.807) is 13.8 Å². The summed E-state index contributed by atoms with van der Waals surface area (Å²) in [6.07, 6.45) is 0. The second kappa shape index (κ2) is 5.14. The average Bonchev–Trinajstić information content (AvgIpc) is 1.99. The molecule has 0 saturated carbocycles. The molecule has 0 unspecified atom stereocenters. The minimum Gasteiger partial charge on any atom is -0.478 e. The summed E-state index contributed by atoms with van der Waals surface area (Å²) in [6, 6.07) is 0. The number of carboxylic acids is 1. The number of hydrogen-bond donors (Lipinski definition) is 1. The van der Waals surface area contributed by atoms with E-state index in [1.165, 1.54) is 0 Å². The van der Waals surface area contributed by atoms with Crippen LogP contribution in [0.1, 0.15) is 34.6 Å². The van der Waals surface area contributed by atoms with Gasteiger partial charge in [0.25, 0.3) is 0 Å². The highest BCUT2D eigenvalue weighted by molar-refractivity contribution is 6.74. The van der Waals surface area contributed by atoms with Crippen LogP contribution in [0.3, 0.4) is 0 Å². The molecule has 0 spiro atoms. The highest BCUT2D eigenvalue weighted by atomic mass is 28.4. The van der Waals surface area contributed by atoms with Crippen molar-refractivity contribution in [3.63, 3.8) is 0 Å². The third-order valence-electron chi connectivity index (χ3n) is 3.25. The molecule has 3 nitrogen and oxygen atoms in total.